The molecule has 0 aromatic heterocycles. The monoisotopic (exact) mass is 254 g/mol. The van der Waals surface area contributed by atoms with Gasteiger partial charge in [-0.2, -0.15) is 0 Å². The Morgan fingerprint density at radius 3 is 2.76 bits per heavy atom. The summed E-state index contributed by atoms with van der Waals surface area (Å²) in [6, 6.07) is 6.26. The van der Waals surface area contributed by atoms with Crippen LogP contribution in [0, 0.1) is 0 Å². The van der Waals surface area contributed by atoms with E-state index in [0.717, 1.165) is 0 Å². The molecule has 1 amide bonds. The minimum Gasteiger partial charge on any atom is -0.353 e. The quantitative estimate of drug-likeness (QED) is 0.819. The topological polar surface area (TPSA) is 89.3 Å². The van der Waals surface area contributed by atoms with E-state index < -0.39 is 10.0 Å². The molecule has 0 bridgehead atoms. The van der Waals surface area contributed by atoms with Crippen molar-refractivity contribution in [2.45, 2.75) is 11.8 Å². The summed E-state index contributed by atoms with van der Waals surface area (Å²) in [4.78, 5) is 10.7. The number of amides is 1. The average molecular weight is 254 g/mol. The normalized spacial score (nSPS) is 11.6. The van der Waals surface area contributed by atoms with Crippen LogP contribution in [0.2, 0.25) is 0 Å². The molecule has 1 rings (SSSR count). The lowest BCUT2D eigenvalue weighted by Crippen LogP contribution is -2.19. The van der Waals surface area contributed by atoms with E-state index >= 15 is 0 Å². The summed E-state index contributed by atoms with van der Waals surface area (Å²) in [5.74, 6) is -0.118. The average Bonchev–Trinajstić information content (AvgIpc) is 2.23. The molecule has 0 heterocycles. The first-order valence-corrected chi connectivity index (χ1v) is 6.48. The van der Waals surface area contributed by atoms with Gasteiger partial charge in [-0.25, -0.2) is 13.6 Å². The first-order chi connectivity index (χ1) is 7.89. The Morgan fingerprint density at radius 1 is 1.47 bits per heavy atom. The summed E-state index contributed by atoms with van der Waals surface area (Å²) < 4.78 is 22.2. The highest BCUT2D eigenvalue weighted by Gasteiger charge is 2.06. The molecule has 0 fully saturated rings. The van der Waals surface area contributed by atoms with Crippen LogP contribution in [0.1, 0.15) is 12.5 Å². The number of sulfonamides is 1. The maximum Gasteiger partial charge on any atom is 0.238 e. The van der Waals surface area contributed by atoms with Crippen molar-refractivity contribution in [3.63, 3.8) is 0 Å². The Morgan fingerprint density at radius 2 is 2.18 bits per heavy atom. The van der Waals surface area contributed by atoms with Gasteiger partial charge in [-0.3, -0.25) is 4.79 Å². The lowest BCUT2D eigenvalue weighted by molar-refractivity contribution is -0.118. The fraction of sp³-hybridized carbons (Fsp3) is 0.182. The van der Waals surface area contributed by atoms with Gasteiger partial charge in [-0.1, -0.05) is 24.3 Å². The Labute approximate surface area is 100 Å². The van der Waals surface area contributed by atoms with Crippen molar-refractivity contribution in [2.75, 3.05) is 6.54 Å². The number of nitrogens with one attached hydrogen (secondary N) is 1. The van der Waals surface area contributed by atoms with Gasteiger partial charge in [0, 0.05) is 13.5 Å². The van der Waals surface area contributed by atoms with Gasteiger partial charge in [0.05, 0.1) is 4.90 Å². The molecule has 0 aliphatic rings. The van der Waals surface area contributed by atoms with Crippen LogP contribution in [0.15, 0.2) is 35.2 Å². The first kappa shape index (κ1) is 13.4. The third-order valence-electron chi connectivity index (χ3n) is 1.97. The third-order valence-corrected chi connectivity index (χ3v) is 2.88. The number of carbonyl (C=O) groups is 1. The van der Waals surface area contributed by atoms with Gasteiger partial charge in [-0.15, -0.1) is 0 Å². The summed E-state index contributed by atoms with van der Waals surface area (Å²) in [6.07, 6.45) is 3.44. The van der Waals surface area contributed by atoms with Crippen LogP contribution in [0.25, 0.3) is 6.08 Å². The van der Waals surface area contributed by atoms with Crippen molar-refractivity contribution < 1.29 is 13.2 Å². The van der Waals surface area contributed by atoms with Crippen LogP contribution in [-0.2, 0) is 14.8 Å². The minimum atomic E-state index is -3.67. The minimum absolute atomic E-state index is 0.0687. The highest BCUT2D eigenvalue weighted by Crippen LogP contribution is 2.10. The molecule has 0 spiro atoms. The Hall–Kier alpha value is -1.66. The molecule has 0 aliphatic heterocycles. The number of benzene rings is 1. The SMILES string of the molecule is CC(=O)NCC=Cc1cccc(S(N)(=O)=O)c1. The van der Waals surface area contributed by atoms with Crippen LogP contribution in [0.3, 0.4) is 0 Å². The molecule has 1 aromatic rings. The van der Waals surface area contributed by atoms with E-state index in [1.165, 1.54) is 19.1 Å². The van der Waals surface area contributed by atoms with E-state index in [4.69, 9.17) is 5.14 Å². The molecule has 0 aliphatic carbocycles. The number of hydrogen-bond donors (Lipinski definition) is 2. The van der Waals surface area contributed by atoms with Crippen molar-refractivity contribution in [1.29, 1.82) is 0 Å². The van der Waals surface area contributed by atoms with E-state index in [1.54, 1.807) is 24.3 Å². The number of nitrogens with two attached hydrogens (primary N) is 1. The number of hydrogen-bond acceptors (Lipinski definition) is 3. The summed E-state index contributed by atoms with van der Waals surface area (Å²) in [5, 5.41) is 7.60. The summed E-state index contributed by atoms with van der Waals surface area (Å²) in [7, 11) is -3.67. The number of rotatable bonds is 4. The summed E-state index contributed by atoms with van der Waals surface area (Å²) in [6.45, 7) is 1.82. The van der Waals surface area contributed by atoms with Crippen LogP contribution in [0.5, 0.6) is 0 Å². The molecule has 0 saturated carbocycles. The van der Waals surface area contributed by atoms with Gasteiger partial charge in [0.15, 0.2) is 0 Å². The zero-order valence-corrected chi connectivity index (χ0v) is 10.2. The molecule has 5 nitrogen and oxygen atoms in total. The maximum atomic E-state index is 11.1. The molecule has 1 aromatic carbocycles. The lowest BCUT2D eigenvalue weighted by atomic mass is 10.2. The van der Waals surface area contributed by atoms with E-state index in [9.17, 15) is 13.2 Å². The van der Waals surface area contributed by atoms with Crippen molar-refractivity contribution >= 4 is 22.0 Å². The van der Waals surface area contributed by atoms with E-state index in [2.05, 4.69) is 5.32 Å². The second-order valence-electron chi connectivity index (χ2n) is 3.46. The largest absolute Gasteiger partial charge is 0.353 e. The van der Waals surface area contributed by atoms with Gasteiger partial charge in [0.1, 0.15) is 0 Å². The molecule has 0 atom stereocenters. The lowest BCUT2D eigenvalue weighted by Gasteiger charge is -1.99. The van der Waals surface area contributed by atoms with Gasteiger partial charge in [0.2, 0.25) is 15.9 Å². The van der Waals surface area contributed by atoms with Crippen molar-refractivity contribution in [1.82, 2.24) is 5.32 Å². The Bertz CT molecular complexity index is 535. The van der Waals surface area contributed by atoms with E-state index in [0.29, 0.717) is 12.1 Å². The predicted octanol–water partition coefficient (Wildman–Crippen LogP) is 0.483. The van der Waals surface area contributed by atoms with E-state index in [-0.39, 0.29) is 10.8 Å². The summed E-state index contributed by atoms with van der Waals surface area (Å²) in [5.41, 5.74) is 0.710. The number of primary sulfonamides is 1. The number of carbonyl (C=O) groups excluding carboxylic acids is 1. The van der Waals surface area contributed by atoms with E-state index in [1.807, 2.05) is 0 Å². The highest BCUT2D eigenvalue weighted by molar-refractivity contribution is 7.89. The standard InChI is InChI=1S/C11H14N2O3S/c1-9(14)13-7-3-5-10-4-2-6-11(8-10)17(12,15)16/h2-6,8H,7H2,1H3,(H,13,14)(H2,12,15,16). The Balaban J connectivity index is 2.76. The van der Waals surface area contributed by atoms with Gasteiger partial charge >= 0.3 is 0 Å². The van der Waals surface area contributed by atoms with Crippen molar-refractivity contribution in [3.05, 3.63) is 35.9 Å². The molecule has 0 saturated heterocycles. The molecule has 3 N–H and O–H groups in total. The zero-order valence-electron chi connectivity index (χ0n) is 9.38. The zero-order chi connectivity index (χ0) is 12.9. The molecular formula is C11H14N2O3S. The smallest absolute Gasteiger partial charge is 0.238 e. The third kappa shape index (κ3) is 4.80. The first-order valence-electron chi connectivity index (χ1n) is 4.93. The van der Waals surface area contributed by atoms with Crippen LogP contribution < -0.4 is 10.5 Å². The second kappa shape index (κ2) is 5.60. The molecule has 6 heteroatoms. The van der Waals surface area contributed by atoms with Crippen molar-refractivity contribution in [2.24, 2.45) is 5.14 Å². The Kier molecular flexibility index (Phi) is 4.42. The molecular weight excluding hydrogens is 240 g/mol. The molecule has 0 unspecified atom stereocenters. The van der Waals surface area contributed by atoms with Crippen molar-refractivity contribution in [3.8, 4) is 0 Å². The molecule has 0 radical (unpaired) electrons. The van der Waals surface area contributed by atoms with Crippen LogP contribution >= 0.6 is 0 Å². The molecule has 17 heavy (non-hydrogen) atoms. The fourth-order valence-corrected chi connectivity index (χ4v) is 1.76. The highest BCUT2D eigenvalue weighted by atomic mass is 32.2. The predicted molar refractivity (Wildman–Crippen MR) is 65.5 cm³/mol. The van der Waals surface area contributed by atoms with Gasteiger partial charge in [-0.05, 0) is 17.7 Å². The summed E-state index contributed by atoms with van der Waals surface area (Å²) >= 11 is 0. The van der Waals surface area contributed by atoms with Gasteiger partial charge < -0.3 is 5.32 Å². The van der Waals surface area contributed by atoms with Gasteiger partial charge in [0.25, 0.3) is 0 Å². The van der Waals surface area contributed by atoms with Crippen LogP contribution in [-0.4, -0.2) is 20.9 Å². The molecule has 92 valence electrons. The van der Waals surface area contributed by atoms with Crippen LogP contribution in [0.4, 0.5) is 0 Å². The second-order valence-corrected chi connectivity index (χ2v) is 5.02. The maximum absolute atomic E-state index is 11.1. The fourth-order valence-electron chi connectivity index (χ4n) is 1.19.